The molecule has 0 aliphatic rings. The van der Waals surface area contributed by atoms with Crippen LogP contribution in [0.15, 0.2) is 18.3 Å². The van der Waals surface area contributed by atoms with Crippen molar-refractivity contribution in [3.05, 3.63) is 35.5 Å². The maximum absolute atomic E-state index is 4.53. The minimum Gasteiger partial charge on any atom is -0.370 e. The van der Waals surface area contributed by atoms with Crippen LogP contribution in [0.1, 0.15) is 44.4 Å². The van der Waals surface area contributed by atoms with Crippen LogP contribution in [0.3, 0.4) is 0 Å². The lowest BCUT2D eigenvalue weighted by atomic mass is 10.3. The van der Waals surface area contributed by atoms with E-state index in [0.29, 0.717) is 0 Å². The summed E-state index contributed by atoms with van der Waals surface area (Å²) in [6, 6.07) is 4.12. The molecule has 5 heteroatoms. The molecule has 0 fully saturated rings. The lowest BCUT2D eigenvalue weighted by molar-refractivity contribution is 0.636. The summed E-state index contributed by atoms with van der Waals surface area (Å²) in [5.41, 5.74) is 1.15. The lowest BCUT2D eigenvalue weighted by Crippen LogP contribution is -2.07. The van der Waals surface area contributed by atoms with Gasteiger partial charge in [-0.05, 0) is 18.1 Å². The third-order valence-electron chi connectivity index (χ3n) is 3.14. The second kappa shape index (κ2) is 7.03. The van der Waals surface area contributed by atoms with E-state index >= 15 is 0 Å². The number of aromatic nitrogens is 4. The Morgan fingerprint density at radius 3 is 2.60 bits per heavy atom. The van der Waals surface area contributed by atoms with Gasteiger partial charge in [0.15, 0.2) is 5.82 Å². The first-order chi connectivity index (χ1) is 9.76. The van der Waals surface area contributed by atoms with Crippen molar-refractivity contribution in [1.82, 2.24) is 19.7 Å². The summed E-state index contributed by atoms with van der Waals surface area (Å²) in [7, 11) is 0. The molecule has 0 aromatic carbocycles. The predicted molar refractivity (Wildman–Crippen MR) is 80.9 cm³/mol. The second-order valence-electron chi connectivity index (χ2n) is 4.79. The molecule has 0 saturated carbocycles. The number of nitrogens with one attached hydrogen (secondary N) is 1. The molecule has 2 aromatic rings. The molecule has 108 valence electrons. The second-order valence-corrected chi connectivity index (χ2v) is 4.79. The summed E-state index contributed by atoms with van der Waals surface area (Å²) in [4.78, 5) is 8.94. The van der Waals surface area contributed by atoms with E-state index in [9.17, 15) is 0 Å². The Labute approximate surface area is 120 Å². The maximum atomic E-state index is 4.53. The van der Waals surface area contributed by atoms with Crippen LogP contribution in [-0.2, 0) is 19.4 Å². The third kappa shape index (κ3) is 3.56. The fraction of sp³-hybridized carbons (Fsp3) is 0.533. The molecule has 0 aliphatic heterocycles. The first kappa shape index (κ1) is 14.5. The molecule has 0 unspecified atom stereocenters. The number of hydrogen-bond donors (Lipinski definition) is 1. The highest BCUT2D eigenvalue weighted by Gasteiger charge is 2.07. The van der Waals surface area contributed by atoms with Crippen molar-refractivity contribution in [1.29, 1.82) is 0 Å². The lowest BCUT2D eigenvalue weighted by Gasteiger charge is -2.06. The molecule has 2 aromatic heterocycles. The highest BCUT2D eigenvalue weighted by atomic mass is 15.3. The Morgan fingerprint density at radius 1 is 1.15 bits per heavy atom. The largest absolute Gasteiger partial charge is 0.370 e. The van der Waals surface area contributed by atoms with Crippen LogP contribution in [0.2, 0.25) is 0 Å². The molecule has 0 spiro atoms. The van der Waals surface area contributed by atoms with Crippen molar-refractivity contribution in [3.63, 3.8) is 0 Å². The zero-order valence-corrected chi connectivity index (χ0v) is 12.6. The highest BCUT2D eigenvalue weighted by molar-refractivity contribution is 5.35. The fourth-order valence-electron chi connectivity index (χ4n) is 2.01. The van der Waals surface area contributed by atoms with Gasteiger partial charge in [-0.15, -0.1) is 0 Å². The van der Waals surface area contributed by atoms with Gasteiger partial charge in [-0.2, -0.15) is 5.10 Å². The molecule has 0 saturated heterocycles. The van der Waals surface area contributed by atoms with Gasteiger partial charge in [0, 0.05) is 25.6 Å². The van der Waals surface area contributed by atoms with E-state index in [4.69, 9.17) is 0 Å². The number of aryl methyl sites for hydroxylation is 2. The summed E-state index contributed by atoms with van der Waals surface area (Å²) in [6.45, 7) is 8.01. The molecule has 0 bridgehead atoms. The minimum atomic E-state index is 0.733. The summed E-state index contributed by atoms with van der Waals surface area (Å²) >= 11 is 0. The highest BCUT2D eigenvalue weighted by Crippen LogP contribution is 2.09. The fourth-order valence-corrected chi connectivity index (χ4v) is 2.01. The normalized spacial score (nSPS) is 10.8. The first-order valence-electron chi connectivity index (χ1n) is 7.38. The molecule has 5 nitrogen and oxygen atoms in total. The average molecular weight is 273 g/mol. The Balaban J connectivity index is 2.07. The molecule has 0 atom stereocenters. The molecule has 1 N–H and O–H groups in total. The van der Waals surface area contributed by atoms with E-state index in [1.807, 2.05) is 16.9 Å². The monoisotopic (exact) mass is 273 g/mol. The Bertz CT molecular complexity index is 530. The summed E-state index contributed by atoms with van der Waals surface area (Å²) in [5, 5.41) is 7.80. The van der Waals surface area contributed by atoms with Crippen LogP contribution in [0, 0.1) is 0 Å². The van der Waals surface area contributed by atoms with E-state index in [0.717, 1.165) is 55.4 Å². The summed E-state index contributed by atoms with van der Waals surface area (Å²) in [6.07, 6.45) is 4.78. The predicted octanol–water partition coefficient (Wildman–Crippen LogP) is 2.67. The molecular weight excluding hydrogens is 250 g/mol. The smallest absolute Gasteiger partial charge is 0.150 e. The van der Waals surface area contributed by atoms with Gasteiger partial charge in [0.05, 0.1) is 6.54 Å². The van der Waals surface area contributed by atoms with Crippen LogP contribution in [0.25, 0.3) is 0 Å². The average Bonchev–Trinajstić information content (AvgIpc) is 2.88. The molecular formula is C15H23N5. The van der Waals surface area contributed by atoms with Crippen LogP contribution in [0.5, 0.6) is 0 Å². The van der Waals surface area contributed by atoms with E-state index in [2.05, 4.69) is 47.2 Å². The Morgan fingerprint density at radius 2 is 2.00 bits per heavy atom. The SMILES string of the molecule is CCCNc1ccc(Cn2nc(CC)nc2CC)cn1. The zero-order valence-electron chi connectivity index (χ0n) is 12.6. The van der Waals surface area contributed by atoms with Crippen LogP contribution >= 0.6 is 0 Å². The third-order valence-corrected chi connectivity index (χ3v) is 3.14. The van der Waals surface area contributed by atoms with Crippen LogP contribution < -0.4 is 5.32 Å². The van der Waals surface area contributed by atoms with Gasteiger partial charge in [-0.25, -0.2) is 14.6 Å². The van der Waals surface area contributed by atoms with Crippen molar-refractivity contribution >= 4 is 5.82 Å². The van der Waals surface area contributed by atoms with Gasteiger partial charge in [-0.1, -0.05) is 26.8 Å². The van der Waals surface area contributed by atoms with Crippen LogP contribution in [-0.4, -0.2) is 26.3 Å². The standard InChI is InChI=1S/C15H23N5/c1-4-9-16-14-8-7-12(10-17-14)11-20-15(6-3)18-13(5-2)19-20/h7-8,10H,4-6,9,11H2,1-3H3,(H,16,17). The van der Waals surface area contributed by atoms with E-state index in [1.165, 1.54) is 0 Å². The van der Waals surface area contributed by atoms with Gasteiger partial charge in [0.2, 0.25) is 0 Å². The van der Waals surface area contributed by atoms with Crippen molar-refractivity contribution in [2.24, 2.45) is 0 Å². The number of nitrogens with zero attached hydrogens (tertiary/aromatic N) is 4. The van der Waals surface area contributed by atoms with Crippen molar-refractivity contribution < 1.29 is 0 Å². The van der Waals surface area contributed by atoms with Crippen molar-refractivity contribution in [2.45, 2.75) is 46.6 Å². The molecule has 0 amide bonds. The van der Waals surface area contributed by atoms with Gasteiger partial charge in [0.25, 0.3) is 0 Å². The first-order valence-corrected chi connectivity index (χ1v) is 7.38. The van der Waals surface area contributed by atoms with Crippen LogP contribution in [0.4, 0.5) is 5.82 Å². The number of rotatable bonds is 7. The summed E-state index contributed by atoms with van der Waals surface area (Å²) in [5.74, 6) is 2.88. The maximum Gasteiger partial charge on any atom is 0.150 e. The summed E-state index contributed by atoms with van der Waals surface area (Å²) < 4.78 is 1.98. The van der Waals surface area contributed by atoms with Crippen molar-refractivity contribution in [3.8, 4) is 0 Å². The number of anilines is 1. The molecule has 0 radical (unpaired) electrons. The molecule has 0 aliphatic carbocycles. The van der Waals surface area contributed by atoms with Gasteiger partial charge in [-0.3, -0.25) is 0 Å². The quantitative estimate of drug-likeness (QED) is 0.842. The molecule has 2 heterocycles. The molecule has 20 heavy (non-hydrogen) atoms. The Kier molecular flexibility index (Phi) is 5.09. The van der Waals surface area contributed by atoms with Gasteiger partial charge < -0.3 is 5.32 Å². The number of hydrogen-bond acceptors (Lipinski definition) is 4. The number of pyridine rings is 1. The van der Waals surface area contributed by atoms with Gasteiger partial charge in [0.1, 0.15) is 11.6 Å². The molecule has 2 rings (SSSR count). The minimum absolute atomic E-state index is 0.733. The topological polar surface area (TPSA) is 55.6 Å². The van der Waals surface area contributed by atoms with Gasteiger partial charge >= 0.3 is 0 Å². The van der Waals surface area contributed by atoms with Crippen molar-refractivity contribution in [2.75, 3.05) is 11.9 Å². The Hall–Kier alpha value is -1.91. The van der Waals surface area contributed by atoms with E-state index in [1.54, 1.807) is 0 Å². The van der Waals surface area contributed by atoms with E-state index < -0.39 is 0 Å². The van der Waals surface area contributed by atoms with E-state index in [-0.39, 0.29) is 0 Å². The zero-order chi connectivity index (χ0) is 14.4.